The monoisotopic (exact) mass is 366 g/mol. The third-order valence-corrected chi connectivity index (χ3v) is 3.41. The van der Waals surface area contributed by atoms with Crippen LogP contribution in [0.4, 0.5) is 0 Å². The largest absolute Gasteiger partial charge is 0.459 e. The van der Waals surface area contributed by atoms with Crippen molar-refractivity contribution in [2.75, 3.05) is 33.7 Å². The Hall–Kier alpha value is -1.85. The second-order valence-electron chi connectivity index (χ2n) is 7.03. The van der Waals surface area contributed by atoms with Gasteiger partial charge in [-0.2, -0.15) is 0 Å². The maximum absolute atomic E-state index is 12.5. The summed E-state index contributed by atoms with van der Waals surface area (Å²) in [5, 5.41) is 0.640. The van der Waals surface area contributed by atoms with E-state index in [1.807, 2.05) is 31.1 Å². The SMILES string of the molecule is CN(C)CCN(CC(=O)OC(C)(C)C)C(=O)C=Cc1ccc(Cl)cc1. The van der Waals surface area contributed by atoms with Crippen molar-refractivity contribution in [3.8, 4) is 0 Å². The van der Waals surface area contributed by atoms with Gasteiger partial charge in [0.25, 0.3) is 0 Å². The van der Waals surface area contributed by atoms with Crippen molar-refractivity contribution in [3.05, 3.63) is 40.9 Å². The van der Waals surface area contributed by atoms with Gasteiger partial charge in [-0.3, -0.25) is 9.59 Å². The van der Waals surface area contributed by atoms with Crippen molar-refractivity contribution in [1.29, 1.82) is 0 Å². The molecule has 138 valence electrons. The van der Waals surface area contributed by atoms with Crippen molar-refractivity contribution in [1.82, 2.24) is 9.80 Å². The molecule has 0 fully saturated rings. The van der Waals surface area contributed by atoms with Gasteiger partial charge in [0, 0.05) is 24.2 Å². The standard InChI is InChI=1S/C19H27ClN2O3/c1-19(2,3)25-18(24)14-22(13-12-21(4)5)17(23)11-8-15-6-9-16(20)10-7-15/h6-11H,12-14H2,1-5H3. The Labute approximate surface area is 155 Å². The summed E-state index contributed by atoms with van der Waals surface area (Å²) in [6, 6.07) is 7.17. The zero-order valence-corrected chi connectivity index (χ0v) is 16.3. The number of carbonyl (C=O) groups is 2. The minimum Gasteiger partial charge on any atom is -0.459 e. The van der Waals surface area contributed by atoms with Gasteiger partial charge in [-0.05, 0) is 58.6 Å². The maximum Gasteiger partial charge on any atom is 0.326 e. The number of hydrogen-bond acceptors (Lipinski definition) is 4. The van der Waals surface area contributed by atoms with Gasteiger partial charge in [-0.1, -0.05) is 23.7 Å². The van der Waals surface area contributed by atoms with Crippen LogP contribution in [0.5, 0.6) is 0 Å². The lowest BCUT2D eigenvalue weighted by molar-refractivity contribution is -0.158. The van der Waals surface area contributed by atoms with Crippen LogP contribution in [0.25, 0.3) is 6.08 Å². The molecule has 1 aromatic carbocycles. The molecule has 0 aliphatic heterocycles. The highest BCUT2D eigenvalue weighted by atomic mass is 35.5. The molecule has 0 saturated heterocycles. The molecule has 0 atom stereocenters. The predicted octanol–water partition coefficient (Wildman–Crippen LogP) is 3.09. The highest BCUT2D eigenvalue weighted by Gasteiger charge is 2.21. The van der Waals surface area contributed by atoms with Crippen molar-refractivity contribution in [2.24, 2.45) is 0 Å². The van der Waals surface area contributed by atoms with E-state index >= 15 is 0 Å². The molecule has 1 amide bonds. The highest BCUT2D eigenvalue weighted by molar-refractivity contribution is 6.30. The fourth-order valence-electron chi connectivity index (χ4n) is 1.96. The minimum absolute atomic E-state index is 0.0745. The summed E-state index contributed by atoms with van der Waals surface area (Å²) in [7, 11) is 3.83. The summed E-state index contributed by atoms with van der Waals surface area (Å²) in [5.74, 6) is -0.651. The maximum atomic E-state index is 12.5. The average molecular weight is 367 g/mol. The Morgan fingerprint density at radius 3 is 2.24 bits per heavy atom. The molecule has 1 rings (SSSR count). The van der Waals surface area contributed by atoms with Crippen LogP contribution < -0.4 is 0 Å². The molecule has 0 aliphatic carbocycles. The van der Waals surface area contributed by atoms with E-state index in [0.717, 1.165) is 5.56 Å². The van der Waals surface area contributed by atoms with Gasteiger partial charge >= 0.3 is 5.97 Å². The summed E-state index contributed by atoms with van der Waals surface area (Å²) in [5.41, 5.74) is 0.287. The summed E-state index contributed by atoms with van der Waals surface area (Å²) in [6.45, 7) is 6.43. The number of carbonyl (C=O) groups excluding carboxylic acids is 2. The number of esters is 1. The number of halogens is 1. The quantitative estimate of drug-likeness (QED) is 0.549. The molecule has 5 nitrogen and oxygen atoms in total. The molecule has 0 heterocycles. The van der Waals surface area contributed by atoms with Gasteiger partial charge in [0.05, 0.1) is 0 Å². The van der Waals surface area contributed by atoms with Gasteiger partial charge in [0.2, 0.25) is 5.91 Å². The molecule has 0 saturated carbocycles. The van der Waals surface area contributed by atoms with E-state index in [1.165, 1.54) is 11.0 Å². The molecule has 1 aromatic rings. The smallest absolute Gasteiger partial charge is 0.326 e. The minimum atomic E-state index is -0.577. The molecule has 0 aliphatic rings. The summed E-state index contributed by atoms with van der Waals surface area (Å²) in [6.07, 6.45) is 3.17. The molecule has 6 heteroatoms. The Morgan fingerprint density at radius 2 is 1.72 bits per heavy atom. The lowest BCUT2D eigenvalue weighted by atomic mass is 10.2. The van der Waals surface area contributed by atoms with Crippen LogP contribution in [0.15, 0.2) is 30.3 Å². The normalized spacial score (nSPS) is 11.8. The Balaban J connectivity index is 2.77. The third-order valence-electron chi connectivity index (χ3n) is 3.16. The second kappa shape index (κ2) is 9.59. The first-order valence-corrected chi connectivity index (χ1v) is 8.54. The van der Waals surface area contributed by atoms with Crippen LogP contribution >= 0.6 is 11.6 Å². The van der Waals surface area contributed by atoms with Crippen molar-refractivity contribution < 1.29 is 14.3 Å². The van der Waals surface area contributed by atoms with E-state index < -0.39 is 11.6 Å². The van der Waals surface area contributed by atoms with Gasteiger partial charge in [0.15, 0.2) is 0 Å². The van der Waals surface area contributed by atoms with Crippen molar-refractivity contribution in [2.45, 2.75) is 26.4 Å². The van der Waals surface area contributed by atoms with Crippen LogP contribution in [0.3, 0.4) is 0 Å². The zero-order chi connectivity index (χ0) is 19.0. The summed E-state index contributed by atoms with van der Waals surface area (Å²) >= 11 is 5.85. The first-order chi connectivity index (χ1) is 11.6. The van der Waals surface area contributed by atoms with E-state index in [9.17, 15) is 9.59 Å². The fraction of sp³-hybridized carbons (Fsp3) is 0.474. The van der Waals surface area contributed by atoms with Crippen LogP contribution in [0.2, 0.25) is 5.02 Å². The van der Waals surface area contributed by atoms with Gasteiger partial charge in [-0.25, -0.2) is 0 Å². The van der Waals surface area contributed by atoms with Crippen molar-refractivity contribution in [3.63, 3.8) is 0 Å². The van der Waals surface area contributed by atoms with E-state index in [-0.39, 0.29) is 12.5 Å². The first kappa shape index (κ1) is 21.2. The second-order valence-corrected chi connectivity index (χ2v) is 7.47. The Kier molecular flexibility index (Phi) is 8.13. The van der Waals surface area contributed by atoms with Crippen LogP contribution in [-0.2, 0) is 14.3 Å². The molecule has 0 bridgehead atoms. The lowest BCUT2D eigenvalue weighted by Crippen LogP contribution is -2.41. The van der Waals surface area contributed by atoms with Gasteiger partial charge < -0.3 is 14.5 Å². The first-order valence-electron chi connectivity index (χ1n) is 8.16. The molecule has 0 N–H and O–H groups in total. The molecule has 0 radical (unpaired) electrons. The van der Waals surface area contributed by atoms with Crippen LogP contribution in [-0.4, -0.2) is 61.0 Å². The molecular weight excluding hydrogens is 340 g/mol. The summed E-state index contributed by atoms with van der Waals surface area (Å²) < 4.78 is 5.32. The van der Waals surface area contributed by atoms with Crippen LogP contribution in [0, 0.1) is 0 Å². The fourth-order valence-corrected chi connectivity index (χ4v) is 2.09. The molecular formula is C19H27ClN2O3. The molecule has 0 unspecified atom stereocenters. The van der Waals surface area contributed by atoms with Crippen LogP contribution in [0.1, 0.15) is 26.3 Å². The number of amides is 1. The number of nitrogens with zero attached hydrogens (tertiary/aromatic N) is 2. The zero-order valence-electron chi connectivity index (χ0n) is 15.6. The molecule has 25 heavy (non-hydrogen) atoms. The van der Waals surface area contributed by atoms with E-state index in [0.29, 0.717) is 18.1 Å². The molecule has 0 aromatic heterocycles. The van der Waals surface area contributed by atoms with Gasteiger partial charge in [-0.15, -0.1) is 0 Å². The number of rotatable bonds is 7. The topological polar surface area (TPSA) is 49.9 Å². The predicted molar refractivity (Wildman–Crippen MR) is 101 cm³/mol. The summed E-state index contributed by atoms with van der Waals surface area (Å²) in [4.78, 5) is 28.0. The number of benzene rings is 1. The van der Waals surface area contributed by atoms with Gasteiger partial charge in [0.1, 0.15) is 12.1 Å². The number of ether oxygens (including phenoxy) is 1. The Bertz CT molecular complexity index is 604. The Morgan fingerprint density at radius 1 is 1.12 bits per heavy atom. The number of likely N-dealkylation sites (N-methyl/N-ethyl adjacent to an activating group) is 1. The van der Waals surface area contributed by atoms with Crippen molar-refractivity contribution >= 4 is 29.6 Å². The van der Waals surface area contributed by atoms with E-state index in [4.69, 9.17) is 16.3 Å². The average Bonchev–Trinajstić information content (AvgIpc) is 2.48. The lowest BCUT2D eigenvalue weighted by Gasteiger charge is -2.25. The van der Waals surface area contributed by atoms with E-state index in [1.54, 1.807) is 39.0 Å². The molecule has 0 spiro atoms. The third kappa shape index (κ3) is 9.27. The van der Waals surface area contributed by atoms with E-state index in [2.05, 4.69) is 0 Å². The highest BCUT2D eigenvalue weighted by Crippen LogP contribution is 2.11. The number of hydrogen-bond donors (Lipinski definition) is 0.